The molecule has 23 heavy (non-hydrogen) atoms. The second kappa shape index (κ2) is 7.86. The second-order valence-corrected chi connectivity index (χ2v) is 5.64. The molecule has 0 aliphatic carbocycles. The van der Waals surface area contributed by atoms with Crippen LogP contribution >= 0.6 is 0 Å². The minimum absolute atomic E-state index is 0.101. The van der Waals surface area contributed by atoms with Gasteiger partial charge < -0.3 is 14.6 Å². The minimum Gasteiger partial charge on any atom is -0.504 e. The Morgan fingerprint density at radius 1 is 1.09 bits per heavy atom. The molecular weight excluding hydrogens is 292 g/mol. The second-order valence-electron chi connectivity index (χ2n) is 5.64. The molecule has 0 radical (unpaired) electrons. The third-order valence-corrected chi connectivity index (χ3v) is 3.92. The first-order valence-electron chi connectivity index (χ1n) is 8.09. The number of phenols is 1. The number of rotatable bonds is 7. The van der Waals surface area contributed by atoms with E-state index in [0.29, 0.717) is 23.3 Å². The van der Waals surface area contributed by atoms with Crippen molar-refractivity contribution in [3.8, 4) is 17.2 Å². The molecule has 0 spiro atoms. The summed E-state index contributed by atoms with van der Waals surface area (Å²) in [5.74, 6) is 0.623. The van der Waals surface area contributed by atoms with Gasteiger partial charge in [-0.1, -0.05) is 50.5 Å². The van der Waals surface area contributed by atoms with Gasteiger partial charge in [-0.3, -0.25) is 4.79 Å². The predicted octanol–water partition coefficient (Wildman–Crippen LogP) is 4.60. The molecule has 0 aliphatic heterocycles. The number of fused-ring (bicyclic) bond motifs is 1. The Kier molecular flexibility index (Phi) is 5.85. The maximum Gasteiger partial charge on any atom is 0.308 e. The number of ether oxygens (including phenoxy) is 2. The summed E-state index contributed by atoms with van der Waals surface area (Å²) >= 11 is 0. The summed E-state index contributed by atoms with van der Waals surface area (Å²) in [5, 5.41) is 11.9. The molecule has 2 aromatic rings. The molecule has 0 atom stereocenters. The highest BCUT2D eigenvalue weighted by atomic mass is 16.5. The molecule has 0 bridgehead atoms. The summed E-state index contributed by atoms with van der Waals surface area (Å²) in [6.45, 7) is 3.54. The Hall–Kier alpha value is -2.23. The number of methoxy groups -OCH3 is 1. The monoisotopic (exact) mass is 316 g/mol. The average Bonchev–Trinajstić information content (AvgIpc) is 2.54. The lowest BCUT2D eigenvalue weighted by Gasteiger charge is -2.18. The first-order chi connectivity index (χ1) is 11.1. The molecule has 4 heteroatoms. The molecule has 1 N–H and O–H groups in total. The fourth-order valence-electron chi connectivity index (χ4n) is 2.85. The number of carbonyl (C=O) groups excluding carboxylic acids is 1. The van der Waals surface area contributed by atoms with Crippen LogP contribution in [-0.2, 0) is 11.2 Å². The highest BCUT2D eigenvalue weighted by Gasteiger charge is 2.21. The van der Waals surface area contributed by atoms with Gasteiger partial charge in [0.15, 0.2) is 11.5 Å². The van der Waals surface area contributed by atoms with E-state index in [-0.39, 0.29) is 11.7 Å². The van der Waals surface area contributed by atoms with Gasteiger partial charge in [-0.2, -0.15) is 0 Å². The molecule has 2 aromatic carbocycles. The van der Waals surface area contributed by atoms with Crippen LogP contribution in [0.5, 0.6) is 17.2 Å². The molecule has 0 saturated heterocycles. The Balaban J connectivity index is 2.57. The molecule has 0 fully saturated rings. The molecule has 0 aliphatic rings. The minimum atomic E-state index is -0.377. The van der Waals surface area contributed by atoms with Crippen LogP contribution in [0.25, 0.3) is 10.8 Å². The van der Waals surface area contributed by atoms with E-state index in [1.54, 1.807) is 6.07 Å². The maximum absolute atomic E-state index is 11.5. The zero-order valence-electron chi connectivity index (χ0n) is 14.0. The van der Waals surface area contributed by atoms with Crippen molar-refractivity contribution in [2.24, 2.45) is 0 Å². The van der Waals surface area contributed by atoms with E-state index in [1.807, 2.05) is 18.2 Å². The van der Waals surface area contributed by atoms with E-state index >= 15 is 0 Å². The Morgan fingerprint density at radius 2 is 1.78 bits per heavy atom. The molecule has 0 unspecified atom stereocenters. The summed E-state index contributed by atoms with van der Waals surface area (Å²) < 4.78 is 10.9. The van der Waals surface area contributed by atoms with Crippen molar-refractivity contribution in [3.63, 3.8) is 0 Å². The Labute approximate surface area is 137 Å². The summed E-state index contributed by atoms with van der Waals surface area (Å²) in [4.78, 5) is 11.5. The zero-order valence-corrected chi connectivity index (χ0v) is 14.0. The van der Waals surface area contributed by atoms with Crippen molar-refractivity contribution in [1.29, 1.82) is 0 Å². The molecular formula is C19H24O4. The summed E-state index contributed by atoms with van der Waals surface area (Å²) in [7, 11) is 1.52. The normalized spacial score (nSPS) is 10.7. The van der Waals surface area contributed by atoms with Gasteiger partial charge in [-0.05, 0) is 12.8 Å². The third-order valence-electron chi connectivity index (χ3n) is 3.92. The van der Waals surface area contributed by atoms with Crippen LogP contribution in [0.3, 0.4) is 0 Å². The first-order valence-corrected chi connectivity index (χ1v) is 8.09. The Bertz CT molecular complexity index is 691. The van der Waals surface area contributed by atoms with Gasteiger partial charge in [-0.15, -0.1) is 0 Å². The quantitative estimate of drug-likeness (QED) is 0.461. The summed E-state index contributed by atoms with van der Waals surface area (Å²) in [6.07, 6.45) is 5.05. The lowest BCUT2D eigenvalue weighted by atomic mass is 9.98. The van der Waals surface area contributed by atoms with Crippen LogP contribution in [0.4, 0.5) is 0 Å². The SMILES string of the molecule is CCCCCCc1c(OC)c(O)c2ccccc2c1OC(C)=O. The van der Waals surface area contributed by atoms with Gasteiger partial charge in [0.1, 0.15) is 5.75 Å². The van der Waals surface area contributed by atoms with E-state index in [4.69, 9.17) is 9.47 Å². The van der Waals surface area contributed by atoms with Gasteiger partial charge in [-0.25, -0.2) is 0 Å². The molecule has 0 saturated carbocycles. The van der Waals surface area contributed by atoms with Gasteiger partial charge >= 0.3 is 5.97 Å². The van der Waals surface area contributed by atoms with Gasteiger partial charge in [0.2, 0.25) is 0 Å². The van der Waals surface area contributed by atoms with Crippen LogP contribution in [0.2, 0.25) is 0 Å². The van der Waals surface area contributed by atoms with Gasteiger partial charge in [0, 0.05) is 23.3 Å². The van der Waals surface area contributed by atoms with Crippen molar-refractivity contribution in [2.75, 3.05) is 7.11 Å². The number of unbranched alkanes of at least 4 members (excludes halogenated alkanes) is 3. The highest BCUT2D eigenvalue weighted by Crippen LogP contribution is 2.45. The lowest BCUT2D eigenvalue weighted by Crippen LogP contribution is -2.06. The van der Waals surface area contributed by atoms with Crippen LogP contribution in [0, 0.1) is 0 Å². The number of hydrogen-bond donors (Lipinski definition) is 1. The summed E-state index contributed by atoms with van der Waals surface area (Å²) in [6, 6.07) is 7.34. The van der Waals surface area contributed by atoms with Crippen LogP contribution < -0.4 is 9.47 Å². The fourth-order valence-corrected chi connectivity index (χ4v) is 2.85. The average molecular weight is 316 g/mol. The number of benzene rings is 2. The number of esters is 1. The van der Waals surface area contributed by atoms with Crippen LogP contribution in [0.1, 0.15) is 45.1 Å². The van der Waals surface area contributed by atoms with Crippen molar-refractivity contribution in [3.05, 3.63) is 29.8 Å². The summed E-state index contributed by atoms with van der Waals surface area (Å²) in [5.41, 5.74) is 0.759. The topological polar surface area (TPSA) is 55.8 Å². The van der Waals surface area contributed by atoms with Crippen molar-refractivity contribution < 1.29 is 19.4 Å². The van der Waals surface area contributed by atoms with E-state index < -0.39 is 0 Å². The molecule has 0 amide bonds. The van der Waals surface area contributed by atoms with Crippen molar-refractivity contribution >= 4 is 16.7 Å². The van der Waals surface area contributed by atoms with E-state index in [2.05, 4.69) is 6.92 Å². The number of aromatic hydroxyl groups is 1. The largest absolute Gasteiger partial charge is 0.504 e. The predicted molar refractivity (Wildman–Crippen MR) is 91.3 cm³/mol. The lowest BCUT2D eigenvalue weighted by molar-refractivity contribution is -0.131. The molecule has 0 aromatic heterocycles. The molecule has 0 heterocycles. The van der Waals surface area contributed by atoms with E-state index in [0.717, 1.165) is 36.6 Å². The third kappa shape index (κ3) is 3.76. The number of phenolic OH excluding ortho intramolecular Hbond substituents is 1. The zero-order chi connectivity index (χ0) is 16.8. The number of hydrogen-bond acceptors (Lipinski definition) is 4. The standard InChI is InChI=1S/C19H24O4/c1-4-5-6-7-12-16-18(23-13(2)20)15-11-9-8-10-14(15)17(21)19(16)22-3/h8-11,21H,4-7,12H2,1-3H3. The van der Waals surface area contributed by atoms with Crippen LogP contribution in [-0.4, -0.2) is 18.2 Å². The van der Waals surface area contributed by atoms with E-state index in [1.165, 1.54) is 14.0 Å². The fraction of sp³-hybridized carbons (Fsp3) is 0.421. The highest BCUT2D eigenvalue weighted by molar-refractivity contribution is 5.98. The smallest absolute Gasteiger partial charge is 0.308 e. The Morgan fingerprint density at radius 3 is 2.39 bits per heavy atom. The first kappa shape index (κ1) is 17.1. The van der Waals surface area contributed by atoms with Gasteiger partial charge in [0.25, 0.3) is 0 Å². The molecule has 2 rings (SSSR count). The molecule has 4 nitrogen and oxygen atoms in total. The van der Waals surface area contributed by atoms with Gasteiger partial charge in [0.05, 0.1) is 7.11 Å². The van der Waals surface area contributed by atoms with Crippen molar-refractivity contribution in [1.82, 2.24) is 0 Å². The van der Waals surface area contributed by atoms with E-state index in [9.17, 15) is 9.90 Å². The van der Waals surface area contributed by atoms with Crippen molar-refractivity contribution in [2.45, 2.75) is 46.0 Å². The number of carbonyl (C=O) groups is 1. The molecule has 124 valence electrons. The maximum atomic E-state index is 11.5. The van der Waals surface area contributed by atoms with Crippen LogP contribution in [0.15, 0.2) is 24.3 Å².